The molecule has 0 heterocycles. The number of amides is 2. The molecule has 0 aliphatic heterocycles. The highest BCUT2D eigenvalue weighted by Gasteiger charge is 2.39. The van der Waals surface area contributed by atoms with Gasteiger partial charge in [0.1, 0.15) is 12.6 Å². The fourth-order valence-electron chi connectivity index (χ4n) is 5.21. The molecule has 2 aliphatic carbocycles. The number of carbonyl (C=O) groups is 3. The molecule has 0 bridgehead atoms. The first-order valence-electron chi connectivity index (χ1n) is 12.0. The molecule has 1 saturated carbocycles. The van der Waals surface area contributed by atoms with Crippen molar-refractivity contribution in [2.45, 2.75) is 62.9 Å². The molecule has 2 aromatic rings. The summed E-state index contributed by atoms with van der Waals surface area (Å²) in [6, 6.07) is 15.2. The van der Waals surface area contributed by atoms with E-state index in [4.69, 9.17) is 4.74 Å². The van der Waals surface area contributed by atoms with Crippen LogP contribution in [-0.4, -0.2) is 41.3 Å². The molecular weight excluding hydrogens is 444 g/mol. The van der Waals surface area contributed by atoms with Gasteiger partial charge in [-0.3, -0.25) is 4.79 Å². The zero-order valence-electron chi connectivity index (χ0n) is 19.8. The van der Waals surface area contributed by atoms with Crippen molar-refractivity contribution >= 4 is 18.0 Å². The van der Waals surface area contributed by atoms with Crippen LogP contribution in [0, 0.1) is 11.8 Å². The highest BCUT2D eigenvalue weighted by Crippen LogP contribution is 2.44. The van der Waals surface area contributed by atoms with Crippen LogP contribution in [0.1, 0.15) is 62.5 Å². The molecule has 7 heteroatoms. The minimum absolute atomic E-state index is 0.000525. The van der Waals surface area contributed by atoms with Crippen molar-refractivity contribution in [2.24, 2.45) is 0 Å². The molecule has 4 rings (SSSR count). The number of fused-ring (bicyclic) bond motifs is 3. The molecule has 0 radical (unpaired) electrons. The lowest BCUT2D eigenvalue weighted by Crippen LogP contribution is -2.51. The minimum Gasteiger partial charge on any atom is -0.480 e. The Morgan fingerprint density at radius 1 is 1.06 bits per heavy atom. The molecule has 2 amide bonds. The Balaban J connectivity index is 1.39. The lowest BCUT2D eigenvalue weighted by molar-refractivity contribution is -0.141. The standard InChI is InChI=1S/C28H30N2O5/c1-2-3-14-24(26(32)33)29-25(31)17-28(15-8-9-16-28)30-27(34)35-18-23-21-12-6-4-10-19(21)20-11-5-7-13-22(20)23/h4-7,10-13,23-24H,8-9,14-18H2,1H3,(H,29,31)(H,30,34)(H,32,33). The Bertz CT molecular complexity index is 1130. The van der Waals surface area contributed by atoms with Crippen LogP contribution in [-0.2, 0) is 14.3 Å². The van der Waals surface area contributed by atoms with Gasteiger partial charge in [-0.15, -0.1) is 11.8 Å². The number of carbonyl (C=O) groups excluding carboxylic acids is 2. The number of rotatable bonds is 8. The van der Waals surface area contributed by atoms with E-state index in [9.17, 15) is 19.5 Å². The zero-order chi connectivity index (χ0) is 24.8. The highest BCUT2D eigenvalue weighted by atomic mass is 16.5. The lowest BCUT2D eigenvalue weighted by atomic mass is 9.92. The van der Waals surface area contributed by atoms with Gasteiger partial charge >= 0.3 is 12.1 Å². The molecule has 2 aromatic carbocycles. The fourth-order valence-corrected chi connectivity index (χ4v) is 5.21. The summed E-state index contributed by atoms with van der Waals surface area (Å²) in [5.74, 6) is 3.73. The number of hydrogen-bond acceptors (Lipinski definition) is 4. The number of hydrogen-bond donors (Lipinski definition) is 3. The Kier molecular flexibility index (Phi) is 7.40. The van der Waals surface area contributed by atoms with E-state index in [1.165, 1.54) is 0 Å². The van der Waals surface area contributed by atoms with E-state index in [-0.39, 0.29) is 25.4 Å². The first kappa shape index (κ1) is 24.3. The van der Waals surface area contributed by atoms with Crippen LogP contribution in [0.3, 0.4) is 0 Å². The van der Waals surface area contributed by atoms with Crippen molar-refractivity contribution in [1.29, 1.82) is 0 Å². The molecule has 35 heavy (non-hydrogen) atoms. The molecule has 2 aliphatic rings. The Morgan fingerprint density at radius 2 is 1.66 bits per heavy atom. The van der Waals surface area contributed by atoms with Crippen LogP contribution in [0.4, 0.5) is 4.79 Å². The number of alkyl carbamates (subject to hydrolysis) is 1. The zero-order valence-corrected chi connectivity index (χ0v) is 19.8. The average molecular weight is 475 g/mol. The summed E-state index contributed by atoms with van der Waals surface area (Å²) in [4.78, 5) is 37.0. The lowest BCUT2D eigenvalue weighted by Gasteiger charge is -2.30. The van der Waals surface area contributed by atoms with Gasteiger partial charge in [-0.05, 0) is 42.0 Å². The molecule has 3 N–H and O–H groups in total. The third-order valence-electron chi connectivity index (χ3n) is 6.89. The molecular formula is C28H30N2O5. The molecule has 1 atom stereocenters. The summed E-state index contributed by atoms with van der Waals surface area (Å²) in [7, 11) is 0. The Hall–Kier alpha value is -3.79. The summed E-state index contributed by atoms with van der Waals surface area (Å²) in [6.07, 6.45) is 2.49. The van der Waals surface area contributed by atoms with Crippen molar-refractivity contribution in [2.75, 3.05) is 6.61 Å². The van der Waals surface area contributed by atoms with E-state index in [1.807, 2.05) is 24.3 Å². The van der Waals surface area contributed by atoms with Gasteiger partial charge in [-0.2, -0.15) is 0 Å². The Morgan fingerprint density at radius 3 is 2.23 bits per heavy atom. The largest absolute Gasteiger partial charge is 0.480 e. The number of aliphatic carboxylic acids is 1. The van der Waals surface area contributed by atoms with Gasteiger partial charge in [-0.1, -0.05) is 61.4 Å². The predicted octanol–water partition coefficient (Wildman–Crippen LogP) is 4.21. The maximum Gasteiger partial charge on any atom is 0.407 e. The topological polar surface area (TPSA) is 105 Å². The van der Waals surface area contributed by atoms with Crippen LogP contribution >= 0.6 is 0 Å². The monoisotopic (exact) mass is 474 g/mol. The molecule has 0 saturated heterocycles. The first-order chi connectivity index (χ1) is 16.9. The van der Waals surface area contributed by atoms with E-state index in [0.29, 0.717) is 12.8 Å². The number of nitrogens with one attached hydrogen (secondary N) is 2. The maximum absolute atomic E-state index is 12.9. The van der Waals surface area contributed by atoms with E-state index >= 15 is 0 Å². The number of carboxylic acid groups (broad SMARTS) is 1. The van der Waals surface area contributed by atoms with Gasteiger partial charge < -0.3 is 20.5 Å². The van der Waals surface area contributed by atoms with Gasteiger partial charge in [0.05, 0.1) is 5.54 Å². The minimum atomic E-state index is -1.13. The molecule has 1 unspecified atom stereocenters. The summed E-state index contributed by atoms with van der Waals surface area (Å²) >= 11 is 0. The molecule has 0 aromatic heterocycles. The second kappa shape index (κ2) is 10.6. The molecule has 1 fully saturated rings. The van der Waals surface area contributed by atoms with Crippen molar-refractivity contribution in [1.82, 2.24) is 10.6 Å². The summed E-state index contributed by atoms with van der Waals surface area (Å²) in [6.45, 7) is 1.81. The van der Waals surface area contributed by atoms with Crippen LogP contribution in [0.2, 0.25) is 0 Å². The van der Waals surface area contributed by atoms with E-state index in [1.54, 1.807) is 6.92 Å². The van der Waals surface area contributed by atoms with Crippen LogP contribution in [0.5, 0.6) is 0 Å². The molecule has 7 nitrogen and oxygen atoms in total. The van der Waals surface area contributed by atoms with Crippen LogP contribution in [0.15, 0.2) is 48.5 Å². The SMILES string of the molecule is CC#CCC(NC(=O)CC1(NC(=O)OCC2c3ccccc3-c3ccccc32)CCCC1)C(=O)O. The van der Waals surface area contributed by atoms with Crippen LogP contribution in [0.25, 0.3) is 11.1 Å². The van der Waals surface area contributed by atoms with E-state index < -0.39 is 29.6 Å². The summed E-state index contributed by atoms with van der Waals surface area (Å²) in [5.41, 5.74) is 3.83. The summed E-state index contributed by atoms with van der Waals surface area (Å²) < 4.78 is 5.69. The smallest absolute Gasteiger partial charge is 0.407 e. The first-order valence-corrected chi connectivity index (χ1v) is 12.0. The third-order valence-corrected chi connectivity index (χ3v) is 6.89. The van der Waals surface area contributed by atoms with Crippen molar-refractivity contribution < 1.29 is 24.2 Å². The van der Waals surface area contributed by atoms with Crippen molar-refractivity contribution in [3.63, 3.8) is 0 Å². The number of carboxylic acids is 1. The maximum atomic E-state index is 12.9. The van der Waals surface area contributed by atoms with Crippen molar-refractivity contribution in [3.8, 4) is 23.0 Å². The number of benzene rings is 2. The van der Waals surface area contributed by atoms with Crippen molar-refractivity contribution in [3.05, 3.63) is 59.7 Å². The van der Waals surface area contributed by atoms with Gasteiger partial charge in [0.15, 0.2) is 0 Å². The molecule has 182 valence electrons. The van der Waals surface area contributed by atoms with E-state index in [2.05, 4.69) is 46.7 Å². The molecule has 0 spiro atoms. The van der Waals surface area contributed by atoms with Crippen LogP contribution < -0.4 is 10.6 Å². The third kappa shape index (κ3) is 5.48. The second-order valence-corrected chi connectivity index (χ2v) is 9.20. The van der Waals surface area contributed by atoms with Gasteiger partial charge in [0.2, 0.25) is 5.91 Å². The fraction of sp³-hybridized carbons (Fsp3) is 0.393. The normalized spacial score (nSPS) is 16.3. The quantitative estimate of drug-likeness (QED) is 0.497. The summed E-state index contributed by atoms with van der Waals surface area (Å²) in [5, 5.41) is 14.8. The van der Waals surface area contributed by atoms with Gasteiger partial charge in [0.25, 0.3) is 0 Å². The second-order valence-electron chi connectivity index (χ2n) is 9.20. The Labute approximate surface area is 205 Å². The predicted molar refractivity (Wildman–Crippen MR) is 132 cm³/mol. The van der Waals surface area contributed by atoms with Gasteiger partial charge in [-0.25, -0.2) is 9.59 Å². The average Bonchev–Trinajstić information content (AvgIpc) is 3.42. The van der Waals surface area contributed by atoms with E-state index in [0.717, 1.165) is 35.1 Å². The van der Waals surface area contributed by atoms with Gasteiger partial charge in [0, 0.05) is 18.8 Å². The highest BCUT2D eigenvalue weighted by molar-refractivity contribution is 5.85. The number of ether oxygens (including phenoxy) is 1.